The molecule has 3 amide bonds. The molecule has 0 aliphatic rings. The molecular weight excluding hydrogens is 426 g/mol. The van der Waals surface area contributed by atoms with Crippen LogP contribution in [0.1, 0.15) is 74.3 Å². The van der Waals surface area contributed by atoms with E-state index >= 15 is 0 Å². The van der Waals surface area contributed by atoms with Crippen LogP contribution in [0.15, 0.2) is 42.0 Å². The number of hydrogen-bond acceptors (Lipinski definition) is 3. The molecule has 0 aliphatic carbocycles. The van der Waals surface area contributed by atoms with Crippen molar-refractivity contribution >= 4 is 17.7 Å². The average molecular weight is 472 g/mol. The van der Waals surface area contributed by atoms with Crippen molar-refractivity contribution in [1.82, 2.24) is 10.2 Å². The summed E-state index contributed by atoms with van der Waals surface area (Å²) in [5.41, 5.74) is 6.00. The van der Waals surface area contributed by atoms with E-state index in [1.54, 1.807) is 24.9 Å². The van der Waals surface area contributed by atoms with Gasteiger partial charge in [-0.2, -0.15) is 0 Å². The summed E-state index contributed by atoms with van der Waals surface area (Å²) in [6.07, 6.45) is 2.38. The summed E-state index contributed by atoms with van der Waals surface area (Å²) in [4.78, 5) is 40.5. The number of primary amides is 1. The van der Waals surface area contributed by atoms with Gasteiger partial charge in [-0.15, -0.1) is 0 Å². The van der Waals surface area contributed by atoms with Crippen molar-refractivity contribution in [2.45, 2.75) is 86.2 Å². The van der Waals surface area contributed by atoms with E-state index in [-0.39, 0.29) is 29.7 Å². The molecule has 190 valence electrons. The molecule has 0 radical (unpaired) electrons. The summed E-state index contributed by atoms with van der Waals surface area (Å²) < 4.78 is 0. The van der Waals surface area contributed by atoms with Gasteiger partial charge in [0.25, 0.3) is 0 Å². The number of likely N-dealkylation sites (N-methyl/N-ethyl adjacent to an activating group) is 1. The maximum atomic E-state index is 13.7. The zero-order valence-corrected chi connectivity index (χ0v) is 22.7. The molecular formula is C28H45N3O3. The minimum atomic E-state index is -0.728. The molecule has 0 spiro atoms. The van der Waals surface area contributed by atoms with Gasteiger partial charge in [-0.3, -0.25) is 14.4 Å². The summed E-state index contributed by atoms with van der Waals surface area (Å²) in [5, 5.41) is 3.09. The number of nitrogens with zero attached hydrogens (tertiary/aromatic N) is 1. The standard InChI is InChI=1S/C28H45N3O3/c1-11-21(28(8,9)20-15-13-12-14-16-20)25(33)30-23(27(5,6)7)26(34)31(10)22(18(2)3)17-19(4)24(29)32/h12-18,21-23H,11H2,1-10H3,(H2,29,32)(H,30,33)/b19-17+/t21-,22+,23+/m0/s1. The molecule has 1 aromatic rings. The van der Waals surface area contributed by atoms with Gasteiger partial charge in [-0.05, 0) is 30.2 Å². The number of nitrogens with two attached hydrogens (primary N) is 1. The second-order valence-corrected chi connectivity index (χ2v) is 11.3. The van der Waals surface area contributed by atoms with Gasteiger partial charge in [0.1, 0.15) is 6.04 Å². The molecule has 0 heterocycles. The van der Waals surface area contributed by atoms with Crippen LogP contribution in [0.4, 0.5) is 0 Å². The Morgan fingerprint density at radius 3 is 2.00 bits per heavy atom. The lowest BCUT2D eigenvalue weighted by molar-refractivity contribution is -0.141. The van der Waals surface area contributed by atoms with Crippen LogP contribution in [0.3, 0.4) is 0 Å². The highest BCUT2D eigenvalue weighted by molar-refractivity contribution is 5.92. The summed E-state index contributed by atoms with van der Waals surface area (Å²) in [6, 6.07) is 8.94. The third-order valence-electron chi connectivity index (χ3n) is 6.80. The fourth-order valence-electron chi connectivity index (χ4n) is 4.42. The van der Waals surface area contributed by atoms with Crippen LogP contribution in [0.5, 0.6) is 0 Å². The third-order valence-corrected chi connectivity index (χ3v) is 6.80. The molecule has 0 fully saturated rings. The highest BCUT2D eigenvalue weighted by atomic mass is 16.2. The molecule has 6 heteroatoms. The normalized spacial score (nSPS) is 15.4. The largest absolute Gasteiger partial charge is 0.366 e. The predicted molar refractivity (Wildman–Crippen MR) is 139 cm³/mol. The Labute approximate surface area is 206 Å². The van der Waals surface area contributed by atoms with Gasteiger partial charge in [0, 0.05) is 24.0 Å². The van der Waals surface area contributed by atoms with Gasteiger partial charge in [0.15, 0.2) is 0 Å². The van der Waals surface area contributed by atoms with Crippen molar-refractivity contribution in [1.29, 1.82) is 0 Å². The van der Waals surface area contributed by atoms with Crippen molar-refractivity contribution in [2.75, 3.05) is 7.05 Å². The lowest BCUT2D eigenvalue weighted by atomic mass is 9.71. The Kier molecular flexibility index (Phi) is 10.1. The molecule has 1 rings (SSSR count). The maximum absolute atomic E-state index is 13.7. The van der Waals surface area contributed by atoms with Crippen LogP contribution in [-0.4, -0.2) is 41.8 Å². The van der Waals surface area contributed by atoms with Crippen molar-refractivity contribution in [3.8, 4) is 0 Å². The Bertz CT molecular complexity index is 882. The fourth-order valence-corrected chi connectivity index (χ4v) is 4.42. The van der Waals surface area contributed by atoms with Crippen LogP contribution in [0.2, 0.25) is 0 Å². The Morgan fingerprint density at radius 1 is 1.06 bits per heavy atom. The van der Waals surface area contributed by atoms with E-state index in [1.807, 2.05) is 71.9 Å². The SMILES string of the molecule is CC[C@@H](C(=O)N[C@H](C(=O)N(C)[C@H](/C=C(\C)C(N)=O)C(C)C)C(C)(C)C)C(C)(C)c1ccccc1. The van der Waals surface area contributed by atoms with E-state index in [1.165, 1.54) is 0 Å². The third kappa shape index (κ3) is 7.18. The van der Waals surface area contributed by atoms with Crippen LogP contribution >= 0.6 is 0 Å². The first-order chi connectivity index (χ1) is 15.5. The Morgan fingerprint density at radius 2 is 1.59 bits per heavy atom. The molecule has 0 bridgehead atoms. The minimum absolute atomic E-state index is 0.0555. The molecule has 0 unspecified atom stereocenters. The van der Waals surface area contributed by atoms with E-state index in [9.17, 15) is 14.4 Å². The molecule has 1 aromatic carbocycles. The predicted octanol–water partition coefficient (Wildman–Crippen LogP) is 4.44. The highest BCUT2D eigenvalue weighted by Crippen LogP contribution is 2.34. The van der Waals surface area contributed by atoms with Crippen LogP contribution in [0.25, 0.3) is 0 Å². The van der Waals surface area contributed by atoms with Gasteiger partial charge in [-0.25, -0.2) is 0 Å². The van der Waals surface area contributed by atoms with Crippen LogP contribution < -0.4 is 11.1 Å². The monoisotopic (exact) mass is 471 g/mol. The number of rotatable bonds is 10. The van der Waals surface area contributed by atoms with E-state index in [0.717, 1.165) is 5.56 Å². The molecule has 0 aliphatic heterocycles. The van der Waals surface area contributed by atoms with E-state index in [4.69, 9.17) is 5.73 Å². The molecule has 0 aromatic heterocycles. The summed E-state index contributed by atoms with van der Waals surface area (Å²) in [5.74, 6) is -1.10. The minimum Gasteiger partial charge on any atom is -0.366 e. The van der Waals surface area contributed by atoms with E-state index < -0.39 is 22.8 Å². The molecule has 0 saturated heterocycles. The summed E-state index contributed by atoms with van der Waals surface area (Å²) in [7, 11) is 1.72. The van der Waals surface area contributed by atoms with Crippen molar-refractivity contribution in [3.05, 3.63) is 47.5 Å². The molecule has 6 nitrogen and oxygen atoms in total. The van der Waals surface area contributed by atoms with Gasteiger partial charge in [0.05, 0.1) is 6.04 Å². The smallest absolute Gasteiger partial charge is 0.245 e. The lowest BCUT2D eigenvalue weighted by Gasteiger charge is -2.39. The van der Waals surface area contributed by atoms with Crippen molar-refractivity contribution in [3.63, 3.8) is 0 Å². The first-order valence-corrected chi connectivity index (χ1v) is 12.2. The number of nitrogens with one attached hydrogen (secondary N) is 1. The zero-order chi connectivity index (χ0) is 26.4. The number of amides is 3. The second kappa shape index (κ2) is 11.7. The molecule has 3 atom stereocenters. The fraction of sp³-hybridized carbons (Fsp3) is 0.607. The number of carbonyl (C=O) groups excluding carboxylic acids is 3. The highest BCUT2D eigenvalue weighted by Gasteiger charge is 2.41. The van der Waals surface area contributed by atoms with Gasteiger partial charge >= 0.3 is 0 Å². The van der Waals surface area contributed by atoms with Gasteiger partial charge in [-0.1, -0.05) is 91.8 Å². The van der Waals surface area contributed by atoms with Crippen molar-refractivity contribution in [2.24, 2.45) is 23.0 Å². The molecule has 0 saturated carbocycles. The Hall–Kier alpha value is -2.63. The van der Waals surface area contributed by atoms with Gasteiger partial charge < -0.3 is 16.0 Å². The molecule has 34 heavy (non-hydrogen) atoms. The van der Waals surface area contributed by atoms with Crippen molar-refractivity contribution < 1.29 is 14.4 Å². The van der Waals surface area contributed by atoms with Gasteiger partial charge in [0.2, 0.25) is 17.7 Å². The van der Waals surface area contributed by atoms with Crippen LogP contribution in [0, 0.1) is 17.3 Å². The number of carbonyl (C=O) groups is 3. The average Bonchev–Trinajstić information content (AvgIpc) is 2.74. The van der Waals surface area contributed by atoms with E-state index in [0.29, 0.717) is 12.0 Å². The first kappa shape index (κ1) is 29.4. The summed E-state index contributed by atoms with van der Waals surface area (Å²) in [6.45, 7) is 17.6. The van der Waals surface area contributed by atoms with Crippen LogP contribution in [-0.2, 0) is 19.8 Å². The Balaban J connectivity index is 3.29. The topological polar surface area (TPSA) is 92.5 Å². The van der Waals surface area contributed by atoms with E-state index in [2.05, 4.69) is 19.2 Å². The summed E-state index contributed by atoms with van der Waals surface area (Å²) >= 11 is 0. The maximum Gasteiger partial charge on any atom is 0.245 e. The zero-order valence-electron chi connectivity index (χ0n) is 22.7. The second-order valence-electron chi connectivity index (χ2n) is 11.3. The number of hydrogen-bond donors (Lipinski definition) is 2. The molecule has 3 N–H and O–H groups in total. The number of benzene rings is 1. The quantitative estimate of drug-likeness (QED) is 0.494. The lowest BCUT2D eigenvalue weighted by Crippen LogP contribution is -2.58. The first-order valence-electron chi connectivity index (χ1n) is 12.2.